The molecule has 1 heteroatoms. The van der Waals surface area contributed by atoms with E-state index in [4.69, 9.17) is 0 Å². The summed E-state index contributed by atoms with van der Waals surface area (Å²) in [7, 11) is 0. The molecule has 0 bridgehead atoms. The molecule has 1 fully saturated rings. The van der Waals surface area contributed by atoms with Gasteiger partial charge in [-0.15, -0.1) is 0 Å². The number of aryl methyl sites for hydroxylation is 1. The van der Waals surface area contributed by atoms with Gasteiger partial charge >= 0.3 is 0 Å². The third-order valence-corrected chi connectivity index (χ3v) is 4.18. The molecule has 17 heavy (non-hydrogen) atoms. The Bertz CT molecular complexity index is 381. The van der Waals surface area contributed by atoms with E-state index >= 15 is 0 Å². The smallest absolute Gasteiger partial charge is 0.0372 e. The molecule has 2 rings (SSSR count). The second-order valence-electron chi connectivity index (χ2n) is 6.45. The van der Waals surface area contributed by atoms with Crippen LogP contribution < -0.4 is 5.32 Å². The monoisotopic (exact) mass is 231 g/mol. The van der Waals surface area contributed by atoms with Gasteiger partial charge in [-0.3, -0.25) is 0 Å². The zero-order chi connectivity index (χ0) is 12.5. The van der Waals surface area contributed by atoms with Gasteiger partial charge in [0.25, 0.3) is 0 Å². The normalized spacial score (nSPS) is 27.8. The van der Waals surface area contributed by atoms with Crippen LogP contribution in [0.3, 0.4) is 0 Å². The molecule has 1 aliphatic rings. The van der Waals surface area contributed by atoms with Crippen LogP contribution in [0, 0.1) is 18.3 Å². The van der Waals surface area contributed by atoms with Crippen LogP contribution in [0.2, 0.25) is 0 Å². The number of para-hydroxylation sites is 1. The second-order valence-corrected chi connectivity index (χ2v) is 6.45. The molecule has 0 saturated heterocycles. The van der Waals surface area contributed by atoms with E-state index in [0.717, 1.165) is 5.92 Å². The molecule has 0 aliphatic heterocycles. The summed E-state index contributed by atoms with van der Waals surface area (Å²) in [6.07, 6.45) is 3.96. The first-order chi connectivity index (χ1) is 7.98. The van der Waals surface area contributed by atoms with Gasteiger partial charge < -0.3 is 5.32 Å². The zero-order valence-electron chi connectivity index (χ0n) is 11.6. The van der Waals surface area contributed by atoms with Gasteiger partial charge in [0.05, 0.1) is 0 Å². The van der Waals surface area contributed by atoms with Crippen molar-refractivity contribution in [2.75, 3.05) is 5.32 Å². The maximum Gasteiger partial charge on any atom is 0.0372 e. The molecular weight excluding hydrogens is 206 g/mol. The lowest BCUT2D eigenvalue weighted by Crippen LogP contribution is -2.37. The molecule has 0 spiro atoms. The summed E-state index contributed by atoms with van der Waals surface area (Å²) in [5.74, 6) is 0.762. The fraction of sp³-hybridized carbons (Fsp3) is 0.625. The Balaban J connectivity index is 2.03. The number of rotatable bonds is 2. The largest absolute Gasteiger partial charge is 0.382 e. The van der Waals surface area contributed by atoms with E-state index < -0.39 is 0 Å². The number of hydrogen-bond acceptors (Lipinski definition) is 1. The van der Waals surface area contributed by atoms with Gasteiger partial charge in [0.15, 0.2) is 0 Å². The lowest BCUT2D eigenvalue weighted by atomic mass is 9.70. The van der Waals surface area contributed by atoms with Crippen LogP contribution in [-0.2, 0) is 0 Å². The number of anilines is 1. The molecule has 1 saturated carbocycles. The van der Waals surface area contributed by atoms with Crippen molar-refractivity contribution >= 4 is 5.69 Å². The van der Waals surface area contributed by atoms with Gasteiger partial charge in [0, 0.05) is 11.7 Å². The average molecular weight is 231 g/mol. The lowest BCUT2D eigenvalue weighted by Gasteiger charge is -2.40. The SMILES string of the molecule is Cc1ccccc1NC1CCC(C)(C)CC1C. The molecule has 0 amide bonds. The summed E-state index contributed by atoms with van der Waals surface area (Å²) < 4.78 is 0. The van der Waals surface area contributed by atoms with E-state index in [1.807, 2.05) is 0 Å². The summed E-state index contributed by atoms with van der Waals surface area (Å²) >= 11 is 0. The maximum absolute atomic E-state index is 3.74. The first-order valence-corrected chi connectivity index (χ1v) is 6.80. The molecule has 1 aromatic rings. The van der Waals surface area contributed by atoms with E-state index in [0.29, 0.717) is 11.5 Å². The molecule has 1 N–H and O–H groups in total. The number of benzene rings is 1. The van der Waals surface area contributed by atoms with Gasteiger partial charge in [-0.05, 0) is 49.1 Å². The maximum atomic E-state index is 3.74. The van der Waals surface area contributed by atoms with Gasteiger partial charge in [0.2, 0.25) is 0 Å². The summed E-state index contributed by atoms with van der Waals surface area (Å²) in [6, 6.07) is 9.24. The highest BCUT2D eigenvalue weighted by Crippen LogP contribution is 2.39. The predicted octanol–water partition coefficient (Wildman–Crippen LogP) is 4.62. The molecule has 0 aromatic heterocycles. The van der Waals surface area contributed by atoms with E-state index in [1.54, 1.807) is 0 Å². The third kappa shape index (κ3) is 3.02. The minimum absolute atomic E-state index is 0.531. The number of nitrogens with one attached hydrogen (secondary N) is 1. The van der Waals surface area contributed by atoms with Crippen LogP contribution in [0.25, 0.3) is 0 Å². The highest BCUT2D eigenvalue weighted by Gasteiger charge is 2.32. The van der Waals surface area contributed by atoms with E-state index in [9.17, 15) is 0 Å². The van der Waals surface area contributed by atoms with Crippen molar-refractivity contribution in [3.63, 3.8) is 0 Å². The van der Waals surface area contributed by atoms with Crippen LogP contribution >= 0.6 is 0 Å². The van der Waals surface area contributed by atoms with Crippen LogP contribution in [0.15, 0.2) is 24.3 Å². The molecule has 1 aliphatic carbocycles. The standard InChI is InChI=1S/C16H25N/c1-12-7-5-6-8-14(12)17-15-9-10-16(3,4)11-13(15)2/h5-8,13,15,17H,9-11H2,1-4H3. The summed E-state index contributed by atoms with van der Waals surface area (Å²) in [5.41, 5.74) is 3.19. The van der Waals surface area contributed by atoms with Crippen molar-refractivity contribution in [1.29, 1.82) is 0 Å². The van der Waals surface area contributed by atoms with Gasteiger partial charge in [0.1, 0.15) is 0 Å². The first kappa shape index (κ1) is 12.5. The average Bonchev–Trinajstić information content (AvgIpc) is 2.24. The quantitative estimate of drug-likeness (QED) is 0.783. The summed E-state index contributed by atoms with van der Waals surface area (Å²) in [5, 5.41) is 3.74. The van der Waals surface area contributed by atoms with E-state index in [2.05, 4.69) is 57.3 Å². The Labute approximate surface area is 106 Å². The van der Waals surface area contributed by atoms with Crippen LogP contribution in [-0.4, -0.2) is 6.04 Å². The Morgan fingerprint density at radius 3 is 2.59 bits per heavy atom. The molecule has 0 heterocycles. The van der Waals surface area contributed by atoms with Crippen LogP contribution in [0.4, 0.5) is 5.69 Å². The molecule has 94 valence electrons. The minimum atomic E-state index is 0.531. The predicted molar refractivity (Wildman–Crippen MR) is 75.4 cm³/mol. The van der Waals surface area contributed by atoms with Crippen molar-refractivity contribution < 1.29 is 0 Å². The molecule has 2 atom stereocenters. The van der Waals surface area contributed by atoms with Crippen molar-refractivity contribution in [2.45, 2.75) is 53.0 Å². The molecule has 2 unspecified atom stereocenters. The summed E-state index contributed by atoms with van der Waals surface area (Å²) in [4.78, 5) is 0. The highest BCUT2D eigenvalue weighted by atomic mass is 14.9. The molecule has 0 radical (unpaired) electrons. The third-order valence-electron chi connectivity index (χ3n) is 4.18. The highest BCUT2D eigenvalue weighted by molar-refractivity contribution is 5.51. The second kappa shape index (κ2) is 4.72. The lowest BCUT2D eigenvalue weighted by molar-refractivity contribution is 0.177. The molecule has 1 aromatic carbocycles. The van der Waals surface area contributed by atoms with Crippen LogP contribution in [0.1, 0.15) is 45.6 Å². The Kier molecular flexibility index (Phi) is 3.46. The fourth-order valence-corrected chi connectivity index (χ4v) is 3.10. The molecular formula is C16H25N. The van der Waals surface area contributed by atoms with Crippen molar-refractivity contribution in [2.24, 2.45) is 11.3 Å². The summed E-state index contributed by atoms with van der Waals surface area (Å²) in [6.45, 7) is 9.36. The Morgan fingerprint density at radius 2 is 1.94 bits per heavy atom. The Hall–Kier alpha value is -0.980. The van der Waals surface area contributed by atoms with Gasteiger partial charge in [-0.2, -0.15) is 0 Å². The van der Waals surface area contributed by atoms with Gasteiger partial charge in [-0.1, -0.05) is 39.0 Å². The first-order valence-electron chi connectivity index (χ1n) is 6.80. The number of hydrogen-bond donors (Lipinski definition) is 1. The van der Waals surface area contributed by atoms with Gasteiger partial charge in [-0.25, -0.2) is 0 Å². The fourth-order valence-electron chi connectivity index (χ4n) is 3.10. The van der Waals surface area contributed by atoms with Crippen molar-refractivity contribution in [1.82, 2.24) is 0 Å². The van der Waals surface area contributed by atoms with E-state index in [1.165, 1.54) is 30.5 Å². The van der Waals surface area contributed by atoms with E-state index in [-0.39, 0.29) is 0 Å². The molecule has 1 nitrogen and oxygen atoms in total. The minimum Gasteiger partial charge on any atom is -0.382 e. The van der Waals surface area contributed by atoms with Crippen molar-refractivity contribution in [3.05, 3.63) is 29.8 Å². The van der Waals surface area contributed by atoms with Crippen molar-refractivity contribution in [3.8, 4) is 0 Å². The topological polar surface area (TPSA) is 12.0 Å². The zero-order valence-corrected chi connectivity index (χ0v) is 11.6. The van der Waals surface area contributed by atoms with Crippen LogP contribution in [0.5, 0.6) is 0 Å². The Morgan fingerprint density at radius 1 is 1.24 bits per heavy atom.